The van der Waals surface area contributed by atoms with E-state index in [9.17, 15) is 4.79 Å². The molecule has 2 heteroatoms. The van der Waals surface area contributed by atoms with Gasteiger partial charge in [0, 0.05) is 11.5 Å². The van der Waals surface area contributed by atoms with Crippen LogP contribution < -0.4 is 4.74 Å². The van der Waals surface area contributed by atoms with Crippen LogP contribution in [0.3, 0.4) is 0 Å². The summed E-state index contributed by atoms with van der Waals surface area (Å²) in [7, 11) is 1.64. The van der Waals surface area contributed by atoms with Gasteiger partial charge < -0.3 is 4.74 Å². The predicted octanol–water partition coefficient (Wildman–Crippen LogP) is 3.60. The number of benzene rings is 2. The molecule has 2 aromatic carbocycles. The largest absolute Gasteiger partial charge is 0.497 e. The Hall–Kier alpha value is -2.09. The van der Waals surface area contributed by atoms with E-state index in [1.165, 1.54) is 11.1 Å². The number of ether oxygens (including phenoxy) is 1. The Balaban J connectivity index is 1.85. The summed E-state index contributed by atoms with van der Waals surface area (Å²) < 4.78 is 5.19. The van der Waals surface area contributed by atoms with Gasteiger partial charge in [0.2, 0.25) is 0 Å². The Morgan fingerprint density at radius 2 is 1.75 bits per heavy atom. The maximum absolute atomic E-state index is 12.7. The van der Waals surface area contributed by atoms with E-state index in [1.54, 1.807) is 7.11 Å². The summed E-state index contributed by atoms with van der Waals surface area (Å²) in [6.45, 7) is 1.97. The first kappa shape index (κ1) is 12.9. The highest BCUT2D eigenvalue weighted by Crippen LogP contribution is 2.30. The van der Waals surface area contributed by atoms with Crippen molar-refractivity contribution in [2.24, 2.45) is 5.92 Å². The maximum atomic E-state index is 12.7. The zero-order valence-electron chi connectivity index (χ0n) is 11.8. The van der Waals surface area contributed by atoms with Crippen LogP contribution in [0.15, 0.2) is 42.5 Å². The zero-order valence-corrected chi connectivity index (χ0v) is 11.8. The lowest BCUT2D eigenvalue weighted by Gasteiger charge is -2.11. The molecule has 0 radical (unpaired) electrons. The second-order valence-electron chi connectivity index (χ2n) is 5.42. The Bertz CT molecular complexity index is 633. The van der Waals surface area contributed by atoms with Crippen LogP contribution >= 0.6 is 0 Å². The van der Waals surface area contributed by atoms with Gasteiger partial charge >= 0.3 is 0 Å². The van der Waals surface area contributed by atoms with E-state index < -0.39 is 0 Å². The van der Waals surface area contributed by atoms with Crippen molar-refractivity contribution in [2.45, 2.75) is 19.8 Å². The molecule has 0 aromatic heterocycles. The number of hydrogen-bond donors (Lipinski definition) is 0. The Kier molecular flexibility index (Phi) is 3.31. The molecule has 2 nitrogen and oxygen atoms in total. The smallest absolute Gasteiger partial charge is 0.166 e. The summed E-state index contributed by atoms with van der Waals surface area (Å²) in [5.74, 6) is 1.13. The summed E-state index contributed by atoms with van der Waals surface area (Å²) in [5.41, 5.74) is 4.45. The lowest BCUT2D eigenvalue weighted by atomic mass is 9.92. The number of rotatable bonds is 3. The number of carbonyl (C=O) groups is 1. The van der Waals surface area contributed by atoms with Crippen molar-refractivity contribution in [3.63, 3.8) is 0 Å². The van der Waals surface area contributed by atoms with Crippen molar-refractivity contribution in [3.05, 3.63) is 64.7 Å². The maximum Gasteiger partial charge on any atom is 0.166 e. The summed E-state index contributed by atoms with van der Waals surface area (Å²) in [6.07, 6.45) is 1.72. The van der Waals surface area contributed by atoms with Crippen LogP contribution in [0.2, 0.25) is 0 Å². The minimum Gasteiger partial charge on any atom is -0.497 e. The number of hydrogen-bond acceptors (Lipinski definition) is 2. The topological polar surface area (TPSA) is 26.3 Å². The highest BCUT2D eigenvalue weighted by molar-refractivity contribution is 6.00. The van der Waals surface area contributed by atoms with Gasteiger partial charge in [0.1, 0.15) is 5.75 Å². The lowest BCUT2D eigenvalue weighted by Crippen LogP contribution is -2.16. The molecule has 0 saturated carbocycles. The molecule has 20 heavy (non-hydrogen) atoms. The van der Waals surface area contributed by atoms with Crippen molar-refractivity contribution in [3.8, 4) is 5.75 Å². The van der Waals surface area contributed by atoms with E-state index in [0.29, 0.717) is 0 Å². The summed E-state index contributed by atoms with van der Waals surface area (Å²) in [4.78, 5) is 12.7. The molecular weight excluding hydrogens is 248 g/mol. The zero-order chi connectivity index (χ0) is 14.1. The van der Waals surface area contributed by atoms with E-state index in [2.05, 4.69) is 12.1 Å². The predicted molar refractivity (Wildman–Crippen MR) is 79.4 cm³/mol. The SMILES string of the molecule is COc1ccc(C(=O)C2Cc3ccccc3C2)c(C)c1. The molecule has 0 heterocycles. The van der Waals surface area contributed by atoms with E-state index >= 15 is 0 Å². The van der Waals surface area contributed by atoms with Crippen LogP contribution in [0.4, 0.5) is 0 Å². The molecule has 0 atom stereocenters. The van der Waals surface area contributed by atoms with Crippen LogP contribution in [0.1, 0.15) is 27.0 Å². The van der Waals surface area contributed by atoms with E-state index in [1.807, 2.05) is 37.3 Å². The summed E-state index contributed by atoms with van der Waals surface area (Å²) >= 11 is 0. The van der Waals surface area contributed by atoms with E-state index in [4.69, 9.17) is 4.74 Å². The van der Waals surface area contributed by atoms with Crippen molar-refractivity contribution in [1.82, 2.24) is 0 Å². The molecule has 0 spiro atoms. The standard InChI is InChI=1S/C18H18O2/c1-12-9-16(20-2)7-8-17(12)18(19)15-10-13-5-3-4-6-14(13)11-15/h3-9,15H,10-11H2,1-2H3. The number of fused-ring (bicyclic) bond motifs is 1. The van der Waals surface area contributed by atoms with Crippen LogP contribution in [-0.4, -0.2) is 12.9 Å². The van der Waals surface area contributed by atoms with Gasteiger partial charge in [-0.2, -0.15) is 0 Å². The minimum absolute atomic E-state index is 0.0829. The van der Waals surface area contributed by atoms with Gasteiger partial charge in [0.25, 0.3) is 0 Å². The normalized spacial score (nSPS) is 14.1. The van der Waals surface area contributed by atoms with Gasteiger partial charge in [-0.1, -0.05) is 24.3 Å². The van der Waals surface area contributed by atoms with Gasteiger partial charge in [-0.15, -0.1) is 0 Å². The van der Waals surface area contributed by atoms with E-state index in [-0.39, 0.29) is 11.7 Å². The first-order valence-electron chi connectivity index (χ1n) is 6.94. The Labute approximate surface area is 119 Å². The van der Waals surface area contributed by atoms with Crippen LogP contribution in [-0.2, 0) is 12.8 Å². The van der Waals surface area contributed by atoms with Gasteiger partial charge in [-0.25, -0.2) is 0 Å². The summed E-state index contributed by atoms with van der Waals surface area (Å²) in [5, 5.41) is 0. The van der Waals surface area contributed by atoms with E-state index in [0.717, 1.165) is 29.7 Å². The molecule has 0 bridgehead atoms. The van der Waals surface area contributed by atoms with Crippen LogP contribution in [0.25, 0.3) is 0 Å². The molecule has 1 aliphatic rings. The van der Waals surface area contributed by atoms with Crippen LogP contribution in [0.5, 0.6) is 5.75 Å². The average molecular weight is 266 g/mol. The minimum atomic E-state index is 0.0829. The lowest BCUT2D eigenvalue weighted by molar-refractivity contribution is 0.0924. The molecule has 0 N–H and O–H groups in total. The van der Waals surface area contributed by atoms with Crippen molar-refractivity contribution < 1.29 is 9.53 Å². The number of ketones is 1. The molecular formula is C18H18O2. The van der Waals surface area contributed by atoms with Crippen molar-refractivity contribution in [1.29, 1.82) is 0 Å². The second-order valence-corrected chi connectivity index (χ2v) is 5.42. The third-order valence-electron chi connectivity index (χ3n) is 4.12. The molecule has 0 fully saturated rings. The Morgan fingerprint density at radius 1 is 1.10 bits per heavy atom. The fraction of sp³-hybridized carbons (Fsp3) is 0.278. The van der Waals surface area contributed by atoms with Crippen molar-refractivity contribution in [2.75, 3.05) is 7.11 Å². The molecule has 3 rings (SSSR count). The van der Waals surface area contributed by atoms with Gasteiger partial charge in [-0.3, -0.25) is 4.79 Å². The molecule has 0 amide bonds. The molecule has 102 valence electrons. The number of carbonyl (C=O) groups excluding carboxylic acids is 1. The summed E-state index contributed by atoms with van der Waals surface area (Å²) in [6, 6.07) is 14.0. The second kappa shape index (κ2) is 5.12. The first-order chi connectivity index (χ1) is 9.69. The third kappa shape index (κ3) is 2.22. The first-order valence-corrected chi connectivity index (χ1v) is 6.94. The van der Waals surface area contributed by atoms with Gasteiger partial charge in [0.15, 0.2) is 5.78 Å². The third-order valence-corrected chi connectivity index (χ3v) is 4.12. The molecule has 0 saturated heterocycles. The monoisotopic (exact) mass is 266 g/mol. The molecule has 0 aliphatic heterocycles. The number of Topliss-reactive ketones (excluding diaryl/α,β-unsaturated/α-hetero) is 1. The van der Waals surface area contributed by atoms with Gasteiger partial charge in [0.05, 0.1) is 7.11 Å². The highest BCUT2D eigenvalue weighted by Gasteiger charge is 2.28. The van der Waals surface area contributed by atoms with Crippen molar-refractivity contribution >= 4 is 5.78 Å². The number of methoxy groups -OCH3 is 1. The Morgan fingerprint density at radius 3 is 2.30 bits per heavy atom. The molecule has 2 aromatic rings. The molecule has 0 unspecified atom stereocenters. The quantitative estimate of drug-likeness (QED) is 0.793. The van der Waals surface area contributed by atoms with Crippen LogP contribution in [0, 0.1) is 12.8 Å². The number of aryl methyl sites for hydroxylation is 1. The average Bonchev–Trinajstić information content (AvgIpc) is 2.90. The molecule has 1 aliphatic carbocycles. The fourth-order valence-corrected chi connectivity index (χ4v) is 3.00. The van der Waals surface area contributed by atoms with Gasteiger partial charge in [-0.05, 0) is 54.7 Å². The fourth-order valence-electron chi connectivity index (χ4n) is 3.00. The highest BCUT2D eigenvalue weighted by atomic mass is 16.5.